The van der Waals surface area contributed by atoms with Crippen molar-refractivity contribution in [3.05, 3.63) is 37.6 Å². The van der Waals surface area contributed by atoms with Gasteiger partial charge in [-0.3, -0.25) is 4.99 Å². The summed E-state index contributed by atoms with van der Waals surface area (Å²) < 4.78 is 0. The van der Waals surface area contributed by atoms with E-state index in [-0.39, 0.29) is 0 Å². The maximum Gasteiger partial charge on any atom is 0.0799 e. The Hall–Kier alpha value is -1.44. The van der Waals surface area contributed by atoms with Crippen LogP contribution in [0.1, 0.15) is 0 Å². The van der Waals surface area contributed by atoms with Crippen molar-refractivity contribution in [1.29, 1.82) is 5.41 Å². The van der Waals surface area contributed by atoms with Crippen LogP contribution in [0.3, 0.4) is 0 Å². The summed E-state index contributed by atoms with van der Waals surface area (Å²) in [7, 11) is 0. The predicted octanol–water partition coefficient (Wildman–Crippen LogP) is 1.96. The molecule has 10 heavy (non-hydrogen) atoms. The zero-order chi connectivity index (χ0) is 7.82. The molecule has 0 fully saturated rings. The van der Waals surface area contributed by atoms with Crippen molar-refractivity contribution in [2.24, 2.45) is 4.99 Å². The minimum atomic E-state index is 0.540. The normalized spacial score (nSPS) is 11.4. The third-order valence-electron chi connectivity index (χ3n) is 0.803. The number of nitrogens with zero attached hydrogens (tertiary/aromatic N) is 1. The molecular formula is C8H10N2. The van der Waals surface area contributed by atoms with E-state index >= 15 is 0 Å². The van der Waals surface area contributed by atoms with E-state index in [9.17, 15) is 0 Å². The fourth-order valence-corrected chi connectivity index (χ4v) is 0.339. The molecule has 0 rings (SSSR count). The molecule has 0 atom stereocenters. The van der Waals surface area contributed by atoms with E-state index in [1.165, 1.54) is 6.08 Å². The van der Waals surface area contributed by atoms with Crippen molar-refractivity contribution in [1.82, 2.24) is 0 Å². The zero-order valence-corrected chi connectivity index (χ0v) is 5.75. The SMILES string of the molecule is C=C/C=C\N=C(/C=C)C=N. The first-order valence-electron chi connectivity index (χ1n) is 2.83. The monoisotopic (exact) mass is 134 g/mol. The second-order valence-electron chi connectivity index (χ2n) is 1.48. The van der Waals surface area contributed by atoms with Crippen LogP contribution in [0.15, 0.2) is 42.6 Å². The van der Waals surface area contributed by atoms with E-state index in [4.69, 9.17) is 5.41 Å². The van der Waals surface area contributed by atoms with Gasteiger partial charge in [0, 0.05) is 12.4 Å². The van der Waals surface area contributed by atoms with E-state index in [0.717, 1.165) is 6.21 Å². The molecule has 0 radical (unpaired) electrons. The van der Waals surface area contributed by atoms with E-state index in [1.54, 1.807) is 18.4 Å². The number of hydrogen-bond acceptors (Lipinski definition) is 2. The highest BCUT2D eigenvalue weighted by Gasteiger charge is 1.78. The minimum absolute atomic E-state index is 0.540. The van der Waals surface area contributed by atoms with Gasteiger partial charge < -0.3 is 5.41 Å². The molecule has 0 bridgehead atoms. The van der Waals surface area contributed by atoms with Crippen LogP contribution in [0.2, 0.25) is 0 Å². The Morgan fingerprint density at radius 3 is 2.50 bits per heavy atom. The molecule has 0 amide bonds. The third kappa shape index (κ3) is 3.55. The summed E-state index contributed by atoms with van der Waals surface area (Å²) in [6.07, 6.45) is 7.52. The minimum Gasteiger partial charge on any atom is -0.307 e. The van der Waals surface area contributed by atoms with E-state index < -0.39 is 0 Å². The molecule has 0 aliphatic carbocycles. The molecule has 1 N–H and O–H groups in total. The number of aliphatic imine (C=N–C) groups is 1. The molecule has 2 nitrogen and oxygen atoms in total. The Morgan fingerprint density at radius 2 is 2.10 bits per heavy atom. The Morgan fingerprint density at radius 1 is 1.40 bits per heavy atom. The topological polar surface area (TPSA) is 36.2 Å². The maximum atomic E-state index is 6.81. The highest BCUT2D eigenvalue weighted by atomic mass is 14.7. The van der Waals surface area contributed by atoms with Crippen LogP contribution in [0, 0.1) is 5.41 Å². The fourth-order valence-electron chi connectivity index (χ4n) is 0.339. The third-order valence-corrected chi connectivity index (χ3v) is 0.803. The van der Waals surface area contributed by atoms with E-state index in [1.807, 2.05) is 0 Å². The molecule has 2 heteroatoms. The molecule has 0 saturated heterocycles. The first kappa shape index (κ1) is 8.56. The lowest BCUT2D eigenvalue weighted by Gasteiger charge is -1.82. The van der Waals surface area contributed by atoms with Gasteiger partial charge in [-0.05, 0) is 12.2 Å². The van der Waals surface area contributed by atoms with Crippen molar-refractivity contribution in [2.45, 2.75) is 0 Å². The predicted molar refractivity (Wildman–Crippen MR) is 45.8 cm³/mol. The van der Waals surface area contributed by atoms with Crippen LogP contribution >= 0.6 is 0 Å². The summed E-state index contributed by atoms with van der Waals surface area (Å²) in [5.41, 5.74) is 0.540. The number of hydrogen-bond donors (Lipinski definition) is 1. The van der Waals surface area contributed by atoms with Gasteiger partial charge in [0.1, 0.15) is 0 Å². The average molecular weight is 134 g/mol. The largest absolute Gasteiger partial charge is 0.307 e. The van der Waals surface area contributed by atoms with Crippen LogP contribution in [0.4, 0.5) is 0 Å². The Kier molecular flexibility index (Phi) is 4.87. The van der Waals surface area contributed by atoms with Gasteiger partial charge in [-0.15, -0.1) is 0 Å². The lowest BCUT2D eigenvalue weighted by Crippen LogP contribution is -1.90. The van der Waals surface area contributed by atoms with Gasteiger partial charge in [0.15, 0.2) is 0 Å². The standard InChI is InChI=1S/C8H10N2/c1-3-5-6-10-8(4-2)7-9/h3-7,9H,1-2H2/b6-5-,9-7?,10-8+. The lowest BCUT2D eigenvalue weighted by atomic mass is 10.4. The summed E-state index contributed by atoms with van der Waals surface area (Å²) in [5.74, 6) is 0. The van der Waals surface area contributed by atoms with Crippen molar-refractivity contribution >= 4 is 11.9 Å². The van der Waals surface area contributed by atoms with Crippen LogP contribution in [0.5, 0.6) is 0 Å². The second-order valence-corrected chi connectivity index (χ2v) is 1.48. The molecule has 0 saturated carbocycles. The van der Waals surface area contributed by atoms with Crippen molar-refractivity contribution in [3.8, 4) is 0 Å². The Balaban J connectivity index is 4.10. The summed E-state index contributed by atoms with van der Waals surface area (Å²) in [5, 5.41) is 6.81. The molecule has 0 aromatic rings. The van der Waals surface area contributed by atoms with Gasteiger partial charge in [-0.25, -0.2) is 0 Å². The van der Waals surface area contributed by atoms with Gasteiger partial charge in [0.2, 0.25) is 0 Å². The summed E-state index contributed by atoms with van der Waals surface area (Å²) in [4.78, 5) is 3.85. The van der Waals surface area contributed by atoms with E-state index in [0.29, 0.717) is 5.71 Å². The van der Waals surface area contributed by atoms with Gasteiger partial charge in [0.05, 0.1) is 5.71 Å². The van der Waals surface area contributed by atoms with E-state index in [2.05, 4.69) is 18.2 Å². The molecular weight excluding hydrogens is 124 g/mol. The molecule has 0 unspecified atom stereocenters. The lowest BCUT2D eigenvalue weighted by molar-refractivity contribution is 1.55. The molecule has 52 valence electrons. The Bertz CT molecular complexity index is 177. The fraction of sp³-hybridized carbons (Fsp3) is 0. The molecule has 0 spiro atoms. The summed E-state index contributed by atoms with van der Waals surface area (Å²) in [6, 6.07) is 0. The molecule has 0 aromatic carbocycles. The van der Waals surface area contributed by atoms with Crippen LogP contribution in [-0.2, 0) is 0 Å². The van der Waals surface area contributed by atoms with Crippen molar-refractivity contribution in [3.63, 3.8) is 0 Å². The highest BCUT2D eigenvalue weighted by Crippen LogP contribution is 1.79. The smallest absolute Gasteiger partial charge is 0.0799 e. The van der Waals surface area contributed by atoms with Gasteiger partial charge >= 0.3 is 0 Å². The maximum absolute atomic E-state index is 6.81. The van der Waals surface area contributed by atoms with Gasteiger partial charge in [0.25, 0.3) is 0 Å². The quantitative estimate of drug-likeness (QED) is 0.450. The number of rotatable bonds is 4. The molecule has 0 aliphatic rings. The number of nitrogens with one attached hydrogen (secondary N) is 1. The average Bonchev–Trinajstić information content (AvgIpc) is 1.99. The van der Waals surface area contributed by atoms with Gasteiger partial charge in [-0.2, -0.15) is 0 Å². The van der Waals surface area contributed by atoms with Crippen LogP contribution in [-0.4, -0.2) is 11.9 Å². The zero-order valence-electron chi connectivity index (χ0n) is 5.75. The number of allylic oxidation sites excluding steroid dienone is 3. The summed E-state index contributed by atoms with van der Waals surface area (Å²) in [6.45, 7) is 6.94. The first-order valence-corrected chi connectivity index (χ1v) is 2.83. The van der Waals surface area contributed by atoms with Crippen LogP contribution < -0.4 is 0 Å². The highest BCUT2D eigenvalue weighted by molar-refractivity contribution is 6.34. The summed E-state index contributed by atoms with van der Waals surface area (Å²) >= 11 is 0. The molecule has 0 heterocycles. The first-order chi connectivity index (χ1) is 4.85. The van der Waals surface area contributed by atoms with Crippen molar-refractivity contribution in [2.75, 3.05) is 0 Å². The molecule has 0 aromatic heterocycles. The second kappa shape index (κ2) is 5.69. The van der Waals surface area contributed by atoms with Crippen molar-refractivity contribution < 1.29 is 0 Å². The molecule has 0 aliphatic heterocycles. The van der Waals surface area contributed by atoms with Crippen LogP contribution in [0.25, 0.3) is 0 Å². The van der Waals surface area contributed by atoms with Gasteiger partial charge in [-0.1, -0.05) is 19.2 Å². The Labute approximate surface area is 60.8 Å².